The number of ether oxygens (including phenoxy) is 1. The molecule has 1 aliphatic rings. The maximum absolute atomic E-state index is 6.27. The Morgan fingerprint density at radius 1 is 1.50 bits per heavy atom. The number of hydrogen-bond donors (Lipinski definition) is 1. The predicted molar refractivity (Wildman–Crippen MR) is 84.2 cm³/mol. The zero-order valence-corrected chi connectivity index (χ0v) is 13.4. The second-order valence-corrected chi connectivity index (χ2v) is 6.07. The molecule has 2 N–H and O–H groups in total. The summed E-state index contributed by atoms with van der Waals surface area (Å²) in [7, 11) is 0. The number of rotatable bonds is 4. The number of nitrogens with two attached hydrogens (primary N) is 1. The van der Waals surface area contributed by atoms with Crippen LogP contribution in [0.3, 0.4) is 0 Å². The molecule has 1 heterocycles. The summed E-state index contributed by atoms with van der Waals surface area (Å²) >= 11 is 6.27. The van der Waals surface area contributed by atoms with Crippen LogP contribution < -0.4 is 5.73 Å². The first-order valence-corrected chi connectivity index (χ1v) is 7.78. The van der Waals surface area contributed by atoms with Crippen LogP contribution in [0.1, 0.15) is 37.4 Å². The van der Waals surface area contributed by atoms with Crippen molar-refractivity contribution in [2.75, 3.05) is 19.7 Å². The van der Waals surface area contributed by atoms with Crippen LogP contribution in [0.2, 0.25) is 5.02 Å². The van der Waals surface area contributed by atoms with E-state index in [-0.39, 0.29) is 12.1 Å². The van der Waals surface area contributed by atoms with E-state index >= 15 is 0 Å². The molecule has 3 atom stereocenters. The maximum Gasteiger partial charge on any atom is 0.0675 e. The molecule has 0 radical (unpaired) electrons. The molecule has 1 aliphatic heterocycles. The van der Waals surface area contributed by atoms with Gasteiger partial charge in [0.05, 0.1) is 12.7 Å². The highest BCUT2D eigenvalue weighted by atomic mass is 35.5. The van der Waals surface area contributed by atoms with Crippen molar-refractivity contribution in [1.82, 2.24) is 4.90 Å². The summed E-state index contributed by atoms with van der Waals surface area (Å²) in [4.78, 5) is 2.48. The Morgan fingerprint density at radius 2 is 2.25 bits per heavy atom. The van der Waals surface area contributed by atoms with Gasteiger partial charge in [-0.25, -0.2) is 0 Å². The summed E-state index contributed by atoms with van der Waals surface area (Å²) in [6.45, 7) is 8.65. The summed E-state index contributed by atoms with van der Waals surface area (Å²) in [6, 6.07) is 6.92. The number of morpholine rings is 1. The van der Waals surface area contributed by atoms with Crippen LogP contribution in [0.25, 0.3) is 0 Å². The van der Waals surface area contributed by atoms with Crippen molar-refractivity contribution in [3.63, 3.8) is 0 Å². The van der Waals surface area contributed by atoms with E-state index in [1.807, 2.05) is 6.92 Å². The van der Waals surface area contributed by atoms with Crippen LogP contribution in [0, 0.1) is 6.92 Å². The molecule has 1 saturated heterocycles. The number of halogens is 1. The zero-order chi connectivity index (χ0) is 14.7. The number of aryl methyl sites for hydroxylation is 1. The standard InChI is InChI=1S/C16H25ClN2O/c1-4-14-10-20-12(3)9-19(14)16(8-18)13-6-5-11(2)15(17)7-13/h5-7,12,14,16H,4,8-10,18H2,1-3H3. The molecule has 3 nitrogen and oxygen atoms in total. The Kier molecular flexibility index (Phi) is 5.44. The monoisotopic (exact) mass is 296 g/mol. The summed E-state index contributed by atoms with van der Waals surface area (Å²) < 4.78 is 5.78. The lowest BCUT2D eigenvalue weighted by Gasteiger charge is -2.43. The van der Waals surface area contributed by atoms with Crippen LogP contribution in [0.4, 0.5) is 0 Å². The fourth-order valence-corrected chi connectivity index (χ4v) is 3.07. The van der Waals surface area contributed by atoms with E-state index in [2.05, 4.69) is 36.9 Å². The van der Waals surface area contributed by atoms with E-state index in [9.17, 15) is 0 Å². The third-order valence-corrected chi connectivity index (χ3v) is 4.59. The van der Waals surface area contributed by atoms with Crippen LogP contribution in [-0.2, 0) is 4.74 Å². The number of hydrogen-bond acceptors (Lipinski definition) is 3. The molecule has 2 rings (SSSR count). The van der Waals surface area contributed by atoms with Crippen molar-refractivity contribution in [3.8, 4) is 0 Å². The molecule has 3 unspecified atom stereocenters. The number of benzene rings is 1. The minimum atomic E-state index is 0.212. The fraction of sp³-hybridized carbons (Fsp3) is 0.625. The van der Waals surface area contributed by atoms with Gasteiger partial charge in [-0.2, -0.15) is 0 Å². The second kappa shape index (κ2) is 6.90. The van der Waals surface area contributed by atoms with Gasteiger partial charge in [-0.05, 0) is 37.5 Å². The molecule has 20 heavy (non-hydrogen) atoms. The Labute approximate surface area is 127 Å². The van der Waals surface area contributed by atoms with Crippen LogP contribution in [-0.4, -0.2) is 36.7 Å². The molecular weight excluding hydrogens is 272 g/mol. The lowest BCUT2D eigenvalue weighted by molar-refractivity contribution is -0.0719. The average Bonchev–Trinajstić information content (AvgIpc) is 2.44. The Balaban J connectivity index is 2.26. The molecule has 0 amide bonds. The van der Waals surface area contributed by atoms with Crippen molar-refractivity contribution >= 4 is 11.6 Å². The third kappa shape index (κ3) is 3.34. The molecule has 4 heteroatoms. The van der Waals surface area contributed by atoms with Gasteiger partial charge in [0, 0.05) is 30.2 Å². The third-order valence-electron chi connectivity index (χ3n) is 4.19. The molecule has 1 aromatic rings. The Hall–Kier alpha value is -0.610. The van der Waals surface area contributed by atoms with E-state index < -0.39 is 0 Å². The van der Waals surface area contributed by atoms with Gasteiger partial charge in [0.1, 0.15) is 0 Å². The van der Waals surface area contributed by atoms with Crippen LogP contribution in [0.15, 0.2) is 18.2 Å². The van der Waals surface area contributed by atoms with Crippen LogP contribution in [0.5, 0.6) is 0 Å². The maximum atomic E-state index is 6.27. The van der Waals surface area contributed by atoms with Gasteiger partial charge >= 0.3 is 0 Å². The van der Waals surface area contributed by atoms with Gasteiger partial charge in [-0.3, -0.25) is 4.90 Å². The molecule has 1 aromatic carbocycles. The molecule has 0 spiro atoms. The van der Waals surface area contributed by atoms with E-state index in [0.29, 0.717) is 12.6 Å². The quantitative estimate of drug-likeness (QED) is 0.927. The zero-order valence-electron chi connectivity index (χ0n) is 12.6. The topological polar surface area (TPSA) is 38.5 Å². The van der Waals surface area contributed by atoms with Crippen molar-refractivity contribution in [3.05, 3.63) is 34.3 Å². The normalized spacial score (nSPS) is 25.6. The van der Waals surface area contributed by atoms with Crippen molar-refractivity contribution in [2.45, 2.75) is 45.4 Å². The lowest BCUT2D eigenvalue weighted by atomic mass is 9.99. The summed E-state index contributed by atoms with van der Waals surface area (Å²) in [6.07, 6.45) is 1.33. The second-order valence-electron chi connectivity index (χ2n) is 5.66. The molecule has 1 fully saturated rings. The highest BCUT2D eigenvalue weighted by Crippen LogP contribution is 2.29. The highest BCUT2D eigenvalue weighted by Gasteiger charge is 2.31. The van der Waals surface area contributed by atoms with Gasteiger partial charge in [0.25, 0.3) is 0 Å². The Bertz CT molecular complexity index is 452. The van der Waals surface area contributed by atoms with E-state index in [1.165, 1.54) is 5.56 Å². The molecule has 112 valence electrons. The SMILES string of the molecule is CCC1COC(C)CN1C(CN)c1ccc(C)c(Cl)c1. The number of nitrogens with zero attached hydrogens (tertiary/aromatic N) is 1. The van der Waals surface area contributed by atoms with Gasteiger partial charge in [0.2, 0.25) is 0 Å². The molecule has 0 aliphatic carbocycles. The smallest absolute Gasteiger partial charge is 0.0675 e. The molecule has 0 aromatic heterocycles. The average molecular weight is 297 g/mol. The highest BCUT2D eigenvalue weighted by molar-refractivity contribution is 6.31. The molecule has 0 bridgehead atoms. The first kappa shape index (κ1) is 15.8. The first-order valence-electron chi connectivity index (χ1n) is 7.40. The summed E-state index contributed by atoms with van der Waals surface area (Å²) in [5.41, 5.74) is 8.37. The predicted octanol–water partition coefficient (Wildman–Crippen LogP) is 3.15. The lowest BCUT2D eigenvalue weighted by Crippen LogP contribution is -2.51. The van der Waals surface area contributed by atoms with E-state index in [4.69, 9.17) is 22.1 Å². The minimum absolute atomic E-state index is 0.212. The van der Waals surface area contributed by atoms with Gasteiger partial charge in [0.15, 0.2) is 0 Å². The molecular formula is C16H25ClN2O. The minimum Gasteiger partial charge on any atom is -0.376 e. The molecule has 0 saturated carbocycles. The van der Waals surface area contributed by atoms with Crippen molar-refractivity contribution in [1.29, 1.82) is 0 Å². The van der Waals surface area contributed by atoms with Crippen molar-refractivity contribution < 1.29 is 4.74 Å². The summed E-state index contributed by atoms with van der Waals surface area (Å²) in [5, 5.41) is 0.815. The van der Waals surface area contributed by atoms with Gasteiger partial charge in [-0.15, -0.1) is 0 Å². The summed E-state index contributed by atoms with van der Waals surface area (Å²) in [5.74, 6) is 0. The van der Waals surface area contributed by atoms with E-state index in [1.54, 1.807) is 0 Å². The Morgan fingerprint density at radius 3 is 2.85 bits per heavy atom. The van der Waals surface area contributed by atoms with E-state index in [0.717, 1.165) is 30.2 Å². The fourth-order valence-electron chi connectivity index (χ4n) is 2.88. The largest absolute Gasteiger partial charge is 0.376 e. The van der Waals surface area contributed by atoms with Crippen molar-refractivity contribution in [2.24, 2.45) is 5.73 Å². The van der Waals surface area contributed by atoms with Gasteiger partial charge in [-0.1, -0.05) is 30.7 Å². The van der Waals surface area contributed by atoms with Crippen LogP contribution >= 0.6 is 11.6 Å². The van der Waals surface area contributed by atoms with Gasteiger partial charge < -0.3 is 10.5 Å². The first-order chi connectivity index (χ1) is 9.56.